The molecular formula is C42H52O4. The summed E-state index contributed by atoms with van der Waals surface area (Å²) < 4.78 is 0. The molecule has 7 aliphatic rings. The molecule has 0 radical (unpaired) electrons. The van der Waals surface area contributed by atoms with Crippen molar-refractivity contribution < 1.29 is 20.1 Å². The molecule has 4 heteroatoms. The number of aromatic hydroxyl groups is 1. The third-order valence-electron chi connectivity index (χ3n) is 15.0. The van der Waals surface area contributed by atoms with Gasteiger partial charge < -0.3 is 15.3 Å². The number of aryl methyl sites for hydroxylation is 1. The molecule has 11 atom stereocenters. The molecule has 0 aliphatic heterocycles. The van der Waals surface area contributed by atoms with E-state index >= 15 is 0 Å². The second kappa shape index (κ2) is 11.1. The summed E-state index contributed by atoms with van der Waals surface area (Å²) in [6, 6.07) is 5.87. The zero-order valence-corrected chi connectivity index (χ0v) is 27.9. The van der Waals surface area contributed by atoms with Crippen LogP contribution < -0.4 is 0 Å². The van der Waals surface area contributed by atoms with Crippen molar-refractivity contribution in [3.63, 3.8) is 0 Å². The summed E-state index contributed by atoms with van der Waals surface area (Å²) in [5, 5.41) is 31.8. The van der Waals surface area contributed by atoms with Crippen molar-refractivity contribution in [3.8, 4) is 30.4 Å². The average Bonchev–Trinajstić information content (AvgIpc) is 3.51. The Morgan fingerprint density at radius 3 is 2.35 bits per heavy atom. The van der Waals surface area contributed by atoms with Crippen molar-refractivity contribution in [3.05, 3.63) is 53.1 Å². The average molecular weight is 621 g/mol. The van der Waals surface area contributed by atoms with Crippen molar-refractivity contribution in [1.29, 1.82) is 0 Å². The lowest BCUT2D eigenvalue weighted by molar-refractivity contribution is -0.116. The highest BCUT2D eigenvalue weighted by Gasteiger charge is 2.64. The largest absolute Gasteiger partial charge is 0.508 e. The molecule has 8 rings (SSSR count). The number of carbonyl (C=O) groups excluding carboxylic acids is 1. The van der Waals surface area contributed by atoms with Crippen LogP contribution in [0.15, 0.2) is 42.0 Å². The monoisotopic (exact) mass is 620 g/mol. The minimum atomic E-state index is -0.973. The number of phenols is 1. The molecule has 46 heavy (non-hydrogen) atoms. The number of hydrogen-bond acceptors (Lipinski definition) is 4. The van der Waals surface area contributed by atoms with Crippen LogP contribution in [-0.4, -0.2) is 32.3 Å². The fourth-order valence-electron chi connectivity index (χ4n) is 12.7. The van der Waals surface area contributed by atoms with E-state index in [1.54, 1.807) is 0 Å². The van der Waals surface area contributed by atoms with E-state index in [0.717, 1.165) is 83.5 Å². The van der Waals surface area contributed by atoms with Crippen LogP contribution in [0.4, 0.5) is 0 Å². The molecule has 0 saturated heterocycles. The highest BCUT2D eigenvalue weighted by molar-refractivity contribution is 5.91. The van der Waals surface area contributed by atoms with Crippen molar-refractivity contribution in [2.75, 3.05) is 0 Å². The normalized spacial score (nSPS) is 45.2. The lowest BCUT2D eigenvalue weighted by Gasteiger charge is -2.56. The molecule has 1 aromatic carbocycles. The molecule has 1 aromatic rings. The van der Waals surface area contributed by atoms with Crippen molar-refractivity contribution >= 4 is 5.78 Å². The number of ketones is 1. The first kappa shape index (κ1) is 31.8. The molecule has 0 aromatic heterocycles. The van der Waals surface area contributed by atoms with Crippen LogP contribution in [0.2, 0.25) is 0 Å². The summed E-state index contributed by atoms with van der Waals surface area (Å²) in [5.74, 6) is 9.95. The molecule has 3 N–H and O–H groups in total. The van der Waals surface area contributed by atoms with Gasteiger partial charge in [0.1, 0.15) is 17.0 Å². The number of benzene rings is 1. The second-order valence-corrected chi connectivity index (χ2v) is 16.4. The van der Waals surface area contributed by atoms with E-state index in [2.05, 4.69) is 38.3 Å². The smallest absolute Gasteiger partial charge is 0.155 e. The summed E-state index contributed by atoms with van der Waals surface area (Å²) in [6.45, 7) is 8.87. The van der Waals surface area contributed by atoms with Crippen LogP contribution in [0.25, 0.3) is 0 Å². The molecule has 244 valence electrons. The molecule has 0 bridgehead atoms. The number of terminal acetylenes is 2. The number of rotatable bonds is 1. The summed E-state index contributed by atoms with van der Waals surface area (Å²) in [7, 11) is 0. The van der Waals surface area contributed by atoms with Crippen molar-refractivity contribution in [2.45, 2.75) is 121 Å². The molecule has 5 fully saturated rings. The quantitative estimate of drug-likeness (QED) is 0.223. The highest BCUT2D eigenvalue weighted by atomic mass is 16.3. The van der Waals surface area contributed by atoms with Gasteiger partial charge in [0, 0.05) is 17.3 Å². The van der Waals surface area contributed by atoms with E-state index < -0.39 is 11.2 Å². The molecule has 0 amide bonds. The van der Waals surface area contributed by atoms with E-state index in [1.807, 2.05) is 18.2 Å². The Kier molecular flexibility index (Phi) is 7.70. The Balaban J connectivity index is 0.000000147. The first-order chi connectivity index (χ1) is 21.9. The highest BCUT2D eigenvalue weighted by Crippen LogP contribution is 2.67. The van der Waals surface area contributed by atoms with Crippen LogP contribution in [0, 0.1) is 71.0 Å². The summed E-state index contributed by atoms with van der Waals surface area (Å²) in [4.78, 5) is 11.8. The number of aliphatic hydroxyl groups is 2. The molecule has 5 saturated carbocycles. The maximum atomic E-state index is 11.8. The molecule has 11 unspecified atom stereocenters. The van der Waals surface area contributed by atoms with Gasteiger partial charge in [-0.15, -0.1) is 12.8 Å². The van der Waals surface area contributed by atoms with Gasteiger partial charge >= 0.3 is 0 Å². The minimum absolute atomic E-state index is 0.128. The van der Waals surface area contributed by atoms with E-state index in [4.69, 9.17) is 12.8 Å². The predicted molar refractivity (Wildman–Crippen MR) is 182 cm³/mol. The Bertz CT molecular complexity index is 1560. The number of phenolic OH excluding ortho intramolecular Hbond substituents is 1. The van der Waals surface area contributed by atoms with Crippen LogP contribution >= 0.6 is 0 Å². The zero-order chi connectivity index (χ0) is 32.6. The maximum absolute atomic E-state index is 11.8. The van der Waals surface area contributed by atoms with Gasteiger partial charge in [-0.1, -0.05) is 49.5 Å². The Morgan fingerprint density at radius 2 is 1.61 bits per heavy atom. The summed E-state index contributed by atoms with van der Waals surface area (Å²) >= 11 is 0. The first-order valence-corrected chi connectivity index (χ1v) is 18.1. The Morgan fingerprint density at radius 1 is 0.891 bits per heavy atom. The standard InChI is InChI=1S/C22H28O2.C20H24O2/c1-4-21-13-14(3)20-17-9-7-16(23)12-15(17)6-8-18(20)19(21)10-11-22(21,24)5-2;1-3-20(22)11-9-18-17-6-4-13-12-14(21)5-7-15(13)16(17)8-10-19(18,20)2/h2,12,17-20,24H,3-4,6-11,13H2,1H3;1,5,7,12,16-18,21-22H,4,6,8-11H2,2H3. The van der Waals surface area contributed by atoms with Gasteiger partial charge in [-0.3, -0.25) is 4.79 Å². The fraction of sp³-hybridized carbons (Fsp3) is 0.643. The topological polar surface area (TPSA) is 77.8 Å². The van der Waals surface area contributed by atoms with Crippen LogP contribution in [0.3, 0.4) is 0 Å². The summed E-state index contributed by atoms with van der Waals surface area (Å²) in [5.41, 5.74) is 3.17. The molecule has 4 nitrogen and oxygen atoms in total. The van der Waals surface area contributed by atoms with Gasteiger partial charge in [-0.05, 0) is 154 Å². The third kappa shape index (κ3) is 4.39. The van der Waals surface area contributed by atoms with Gasteiger partial charge in [-0.2, -0.15) is 0 Å². The second-order valence-electron chi connectivity index (χ2n) is 16.4. The molecular weight excluding hydrogens is 568 g/mol. The lowest BCUT2D eigenvalue weighted by Crippen LogP contribution is -2.54. The van der Waals surface area contributed by atoms with E-state index in [9.17, 15) is 20.1 Å². The zero-order valence-electron chi connectivity index (χ0n) is 27.9. The SMILES string of the molecule is C#CC1(O)CCC2C3CCC4=CC(=O)CCC4C3C(=C)CC21CC.C#CC1(O)CCC2C3CCc4cc(O)ccc4C3CCC21C. The lowest BCUT2D eigenvalue weighted by atomic mass is 9.48. The van der Waals surface area contributed by atoms with Crippen molar-refractivity contribution in [1.82, 2.24) is 0 Å². The number of allylic oxidation sites excluding steroid dienone is 2. The van der Waals surface area contributed by atoms with Gasteiger partial charge in [0.25, 0.3) is 0 Å². The summed E-state index contributed by atoms with van der Waals surface area (Å²) in [6.07, 6.45) is 26.8. The molecule has 0 heterocycles. The van der Waals surface area contributed by atoms with E-state index in [-0.39, 0.29) is 10.8 Å². The van der Waals surface area contributed by atoms with Crippen LogP contribution in [0.5, 0.6) is 5.75 Å². The van der Waals surface area contributed by atoms with Gasteiger partial charge in [-0.25, -0.2) is 0 Å². The number of fused-ring (bicyclic) bond motifs is 10. The van der Waals surface area contributed by atoms with Crippen LogP contribution in [0.1, 0.15) is 114 Å². The van der Waals surface area contributed by atoms with Gasteiger partial charge in [0.05, 0.1) is 0 Å². The number of hydrogen-bond donors (Lipinski definition) is 3. The number of carbonyl (C=O) groups is 1. The first-order valence-electron chi connectivity index (χ1n) is 18.1. The maximum Gasteiger partial charge on any atom is 0.155 e. The third-order valence-corrected chi connectivity index (χ3v) is 15.0. The Hall–Kier alpha value is -2.79. The Labute approximate surface area is 276 Å². The van der Waals surface area contributed by atoms with E-state index in [0.29, 0.717) is 59.4 Å². The van der Waals surface area contributed by atoms with Gasteiger partial charge in [0.15, 0.2) is 5.78 Å². The van der Waals surface area contributed by atoms with E-state index in [1.165, 1.54) is 22.3 Å². The van der Waals surface area contributed by atoms with Gasteiger partial charge in [0.2, 0.25) is 0 Å². The minimum Gasteiger partial charge on any atom is -0.508 e. The fourth-order valence-corrected chi connectivity index (χ4v) is 12.7. The molecule has 7 aliphatic carbocycles. The van der Waals surface area contributed by atoms with Crippen molar-refractivity contribution in [2.24, 2.45) is 46.3 Å². The molecule has 0 spiro atoms. The predicted octanol–water partition coefficient (Wildman–Crippen LogP) is 7.66. The van der Waals surface area contributed by atoms with Crippen LogP contribution in [-0.2, 0) is 11.2 Å².